The first-order valence-corrected chi connectivity index (χ1v) is 7.99. The van der Waals surface area contributed by atoms with Gasteiger partial charge in [-0.15, -0.1) is 0 Å². The zero-order valence-electron chi connectivity index (χ0n) is 11.0. The summed E-state index contributed by atoms with van der Waals surface area (Å²) in [4.78, 5) is 42.4. The Bertz CT molecular complexity index is 645. The van der Waals surface area contributed by atoms with Crippen molar-refractivity contribution in [2.45, 2.75) is 19.9 Å². The van der Waals surface area contributed by atoms with Crippen molar-refractivity contribution in [1.29, 1.82) is 0 Å². The van der Waals surface area contributed by atoms with Crippen LogP contribution in [0.2, 0.25) is 0 Å². The summed E-state index contributed by atoms with van der Waals surface area (Å²) < 4.78 is 17.0. The number of aromatic amines is 1. The average molecular weight is 304 g/mol. The average Bonchev–Trinajstić information content (AvgIpc) is 3.03. The molecule has 1 aromatic rings. The molecule has 1 saturated carbocycles. The van der Waals surface area contributed by atoms with Gasteiger partial charge in [0.1, 0.15) is 6.35 Å². The number of hydrogen-bond acceptors (Lipinski definition) is 4. The molecule has 1 heterocycles. The second-order valence-electron chi connectivity index (χ2n) is 5.14. The standard InChI is InChI=1S/C11H17N2O6P/c1-7-3-13(11(15)12-10(7)14)4-8-2-9(8)5-19-6-20(16,17)18/h3,8-9H,2,4-6H2,1H3,(H,12,14,15)(H2,16,17,18)/t8-,9+/m1/s1. The van der Waals surface area contributed by atoms with E-state index < -0.39 is 19.6 Å². The molecule has 1 aromatic heterocycles. The number of H-pyrrole nitrogens is 1. The lowest BCUT2D eigenvalue weighted by Gasteiger charge is -2.07. The van der Waals surface area contributed by atoms with Crippen LogP contribution in [0.5, 0.6) is 0 Å². The molecule has 0 radical (unpaired) electrons. The van der Waals surface area contributed by atoms with Crippen molar-refractivity contribution in [2.75, 3.05) is 13.0 Å². The summed E-state index contributed by atoms with van der Waals surface area (Å²) in [6.07, 6.45) is 1.78. The van der Waals surface area contributed by atoms with Gasteiger partial charge in [0, 0.05) is 18.3 Å². The van der Waals surface area contributed by atoms with Crippen LogP contribution in [0.25, 0.3) is 0 Å². The minimum Gasteiger partial charge on any atom is -0.369 e. The molecule has 0 bridgehead atoms. The summed E-state index contributed by atoms with van der Waals surface area (Å²) in [6, 6.07) is 0. The topological polar surface area (TPSA) is 122 Å². The van der Waals surface area contributed by atoms with Crippen molar-refractivity contribution in [3.05, 3.63) is 32.6 Å². The van der Waals surface area contributed by atoms with E-state index in [1.54, 1.807) is 6.92 Å². The van der Waals surface area contributed by atoms with Crippen LogP contribution in [-0.2, 0) is 15.8 Å². The van der Waals surface area contributed by atoms with Gasteiger partial charge in [0.05, 0.1) is 6.61 Å². The molecule has 20 heavy (non-hydrogen) atoms. The van der Waals surface area contributed by atoms with Crippen molar-refractivity contribution in [2.24, 2.45) is 11.8 Å². The van der Waals surface area contributed by atoms with Gasteiger partial charge in [-0.2, -0.15) is 0 Å². The number of nitrogens with one attached hydrogen (secondary N) is 1. The molecule has 1 aliphatic rings. The van der Waals surface area contributed by atoms with Gasteiger partial charge < -0.3 is 19.1 Å². The maximum absolute atomic E-state index is 11.6. The summed E-state index contributed by atoms with van der Waals surface area (Å²) in [5, 5.41) is 0. The Labute approximate surface area is 114 Å². The second kappa shape index (κ2) is 5.65. The minimum absolute atomic E-state index is 0.195. The Balaban J connectivity index is 1.85. The van der Waals surface area contributed by atoms with Gasteiger partial charge >= 0.3 is 13.3 Å². The van der Waals surface area contributed by atoms with Gasteiger partial charge in [-0.3, -0.25) is 14.3 Å². The zero-order valence-corrected chi connectivity index (χ0v) is 11.9. The Morgan fingerprint density at radius 1 is 1.45 bits per heavy atom. The second-order valence-corrected chi connectivity index (χ2v) is 6.73. The van der Waals surface area contributed by atoms with Crippen LogP contribution in [0.3, 0.4) is 0 Å². The third-order valence-electron chi connectivity index (χ3n) is 3.28. The molecule has 9 heteroatoms. The van der Waals surface area contributed by atoms with E-state index in [4.69, 9.17) is 14.5 Å². The monoisotopic (exact) mass is 304 g/mol. The van der Waals surface area contributed by atoms with E-state index in [-0.39, 0.29) is 24.0 Å². The van der Waals surface area contributed by atoms with Crippen molar-refractivity contribution < 1.29 is 19.1 Å². The quantitative estimate of drug-likeness (QED) is 0.617. The minimum atomic E-state index is -4.12. The van der Waals surface area contributed by atoms with Gasteiger partial charge in [0.15, 0.2) is 0 Å². The predicted molar refractivity (Wildman–Crippen MR) is 70.5 cm³/mol. The maximum atomic E-state index is 11.6. The van der Waals surface area contributed by atoms with Crippen molar-refractivity contribution in [1.82, 2.24) is 9.55 Å². The molecule has 0 amide bonds. The summed E-state index contributed by atoms with van der Waals surface area (Å²) >= 11 is 0. The molecule has 2 rings (SSSR count). The molecule has 112 valence electrons. The molecule has 0 aliphatic heterocycles. The lowest BCUT2D eigenvalue weighted by molar-refractivity contribution is 0.142. The van der Waals surface area contributed by atoms with Gasteiger partial charge in [-0.1, -0.05) is 0 Å². The Hall–Kier alpha value is -1.21. The molecular formula is C11H17N2O6P. The normalized spacial score (nSPS) is 21.9. The van der Waals surface area contributed by atoms with Crippen molar-refractivity contribution >= 4 is 7.60 Å². The highest BCUT2D eigenvalue weighted by Crippen LogP contribution is 2.41. The van der Waals surface area contributed by atoms with E-state index >= 15 is 0 Å². The molecule has 1 fully saturated rings. The van der Waals surface area contributed by atoms with Crippen LogP contribution in [0, 0.1) is 18.8 Å². The van der Waals surface area contributed by atoms with E-state index in [2.05, 4.69) is 4.98 Å². The number of aromatic nitrogens is 2. The molecule has 0 spiro atoms. The molecule has 1 aliphatic carbocycles. The fraction of sp³-hybridized carbons (Fsp3) is 0.636. The van der Waals surface area contributed by atoms with Crippen LogP contribution in [0.4, 0.5) is 0 Å². The molecule has 3 N–H and O–H groups in total. The summed E-state index contributed by atoms with van der Waals surface area (Å²) in [5.41, 5.74) is -0.356. The van der Waals surface area contributed by atoms with E-state index in [9.17, 15) is 14.2 Å². The first kappa shape index (κ1) is 15.2. The highest BCUT2D eigenvalue weighted by molar-refractivity contribution is 7.51. The molecule has 0 aromatic carbocycles. The van der Waals surface area contributed by atoms with Crippen molar-refractivity contribution in [3.63, 3.8) is 0 Å². The third-order valence-corrected chi connectivity index (χ3v) is 3.80. The maximum Gasteiger partial charge on any atom is 0.350 e. The number of hydrogen-bond donors (Lipinski definition) is 3. The molecule has 2 atom stereocenters. The Morgan fingerprint density at radius 2 is 2.15 bits per heavy atom. The molecule has 0 saturated heterocycles. The SMILES string of the molecule is Cc1cn(C[C@H]2C[C@H]2COCP(=O)(O)O)c(=O)[nH]c1=O. The molecule has 8 nitrogen and oxygen atoms in total. The number of aryl methyl sites for hydroxylation is 1. The van der Waals surface area contributed by atoms with Crippen LogP contribution in [0.15, 0.2) is 15.8 Å². The number of nitrogens with zero attached hydrogens (tertiary/aromatic N) is 1. The zero-order chi connectivity index (χ0) is 14.9. The Morgan fingerprint density at radius 3 is 2.80 bits per heavy atom. The van der Waals surface area contributed by atoms with Gasteiger partial charge in [-0.05, 0) is 25.2 Å². The first-order valence-electron chi connectivity index (χ1n) is 6.19. The summed E-state index contributed by atoms with van der Waals surface area (Å²) in [6.45, 7) is 2.37. The predicted octanol–water partition coefficient (Wildman–Crippen LogP) is -0.367. The van der Waals surface area contributed by atoms with E-state index in [1.807, 2.05) is 0 Å². The highest BCUT2D eigenvalue weighted by atomic mass is 31.2. The lowest BCUT2D eigenvalue weighted by atomic mass is 10.3. The van der Waals surface area contributed by atoms with Crippen molar-refractivity contribution in [3.8, 4) is 0 Å². The van der Waals surface area contributed by atoms with E-state index in [0.717, 1.165) is 6.42 Å². The summed E-state index contributed by atoms with van der Waals surface area (Å²) in [7, 11) is -4.12. The van der Waals surface area contributed by atoms with E-state index in [1.165, 1.54) is 10.8 Å². The smallest absolute Gasteiger partial charge is 0.350 e. The largest absolute Gasteiger partial charge is 0.369 e. The highest BCUT2D eigenvalue weighted by Gasteiger charge is 2.37. The fourth-order valence-electron chi connectivity index (χ4n) is 2.07. The molecule has 0 unspecified atom stereocenters. The fourth-order valence-corrected chi connectivity index (χ4v) is 2.41. The van der Waals surface area contributed by atoms with Gasteiger partial charge in [0.2, 0.25) is 0 Å². The first-order chi connectivity index (χ1) is 9.26. The van der Waals surface area contributed by atoms with E-state index in [0.29, 0.717) is 12.1 Å². The Kier molecular flexibility index (Phi) is 4.29. The van der Waals surface area contributed by atoms with Crippen LogP contribution < -0.4 is 11.2 Å². The van der Waals surface area contributed by atoms with Crippen LogP contribution in [0.1, 0.15) is 12.0 Å². The summed E-state index contributed by atoms with van der Waals surface area (Å²) in [5.74, 6) is 0.426. The van der Waals surface area contributed by atoms with Crippen LogP contribution in [-0.4, -0.2) is 32.3 Å². The van der Waals surface area contributed by atoms with Crippen LogP contribution >= 0.6 is 7.60 Å². The molecular weight excluding hydrogens is 287 g/mol. The van der Waals surface area contributed by atoms with Gasteiger partial charge in [0.25, 0.3) is 5.56 Å². The van der Waals surface area contributed by atoms with Gasteiger partial charge in [-0.25, -0.2) is 4.79 Å². The third kappa shape index (κ3) is 4.14. The number of ether oxygens (including phenoxy) is 1. The number of rotatable bonds is 6. The lowest BCUT2D eigenvalue weighted by Crippen LogP contribution is -2.31.